The van der Waals surface area contributed by atoms with Gasteiger partial charge in [0.05, 0.1) is 42.6 Å². The molecule has 0 amide bonds. The Kier molecular flexibility index (Phi) is 6.51. The van der Waals surface area contributed by atoms with Crippen LogP contribution in [0.25, 0.3) is 0 Å². The average molecular weight is 372 g/mol. The maximum Gasteiger partial charge on any atom is 0.311 e. The van der Waals surface area contributed by atoms with Gasteiger partial charge in [-0.05, 0) is 19.1 Å². The van der Waals surface area contributed by atoms with Crippen LogP contribution in [0.2, 0.25) is 5.02 Å². The highest BCUT2D eigenvalue weighted by atomic mass is 35.5. The van der Waals surface area contributed by atoms with Crippen LogP contribution in [0.1, 0.15) is 18.2 Å². The fourth-order valence-corrected chi connectivity index (χ4v) is 2.72. The normalized spacial score (nSPS) is 10.8. The second-order valence-corrected chi connectivity index (χ2v) is 5.71. The molecule has 2 rings (SSSR count). The lowest BCUT2D eigenvalue weighted by Gasteiger charge is -2.06. The van der Waals surface area contributed by atoms with Crippen LogP contribution in [0.15, 0.2) is 22.6 Å². The van der Waals surface area contributed by atoms with Crippen molar-refractivity contribution >= 4 is 40.3 Å². The molecule has 0 aliphatic carbocycles. The summed E-state index contributed by atoms with van der Waals surface area (Å²) in [5.74, 6) is -0.512. The molecule has 0 atom stereocenters. The van der Waals surface area contributed by atoms with Gasteiger partial charge in [-0.25, -0.2) is 9.37 Å². The topological polar surface area (TPSA) is 72.8 Å². The van der Waals surface area contributed by atoms with Gasteiger partial charge in [-0.3, -0.25) is 10.2 Å². The summed E-state index contributed by atoms with van der Waals surface area (Å²) >= 11 is 7.30. The Bertz CT molecular complexity index is 752. The lowest BCUT2D eigenvalue weighted by Crippen LogP contribution is -2.07. The maximum absolute atomic E-state index is 13.8. The molecule has 0 radical (unpaired) electrons. The summed E-state index contributed by atoms with van der Waals surface area (Å²) in [6.45, 7) is 2.06. The van der Waals surface area contributed by atoms with E-state index in [1.165, 1.54) is 36.8 Å². The maximum atomic E-state index is 13.8. The van der Waals surface area contributed by atoms with Gasteiger partial charge in [0.15, 0.2) is 0 Å². The number of ether oxygens (including phenoxy) is 2. The highest BCUT2D eigenvalue weighted by Crippen LogP contribution is 2.28. The van der Waals surface area contributed by atoms with Crippen molar-refractivity contribution in [2.45, 2.75) is 13.3 Å². The van der Waals surface area contributed by atoms with Crippen LogP contribution in [0.5, 0.6) is 5.75 Å². The van der Waals surface area contributed by atoms with Crippen LogP contribution in [0.3, 0.4) is 0 Å². The first-order valence-electron chi connectivity index (χ1n) is 6.96. The smallest absolute Gasteiger partial charge is 0.311 e. The molecular formula is C15H15ClFN3O3S. The monoisotopic (exact) mass is 371 g/mol. The molecule has 0 aliphatic rings. The molecule has 9 heteroatoms. The van der Waals surface area contributed by atoms with Crippen LogP contribution in [-0.4, -0.2) is 30.9 Å². The van der Waals surface area contributed by atoms with Crippen molar-refractivity contribution in [1.29, 1.82) is 0 Å². The van der Waals surface area contributed by atoms with Gasteiger partial charge in [-0.2, -0.15) is 5.10 Å². The van der Waals surface area contributed by atoms with Crippen molar-refractivity contribution in [2.75, 3.05) is 19.1 Å². The van der Waals surface area contributed by atoms with Crippen LogP contribution < -0.4 is 10.2 Å². The van der Waals surface area contributed by atoms with E-state index in [1.807, 2.05) is 0 Å². The predicted molar refractivity (Wildman–Crippen MR) is 91.6 cm³/mol. The van der Waals surface area contributed by atoms with Crippen LogP contribution >= 0.6 is 22.9 Å². The Morgan fingerprint density at radius 3 is 3.04 bits per heavy atom. The van der Waals surface area contributed by atoms with Gasteiger partial charge in [0.2, 0.25) is 5.13 Å². The Hall–Kier alpha value is -2.19. The van der Waals surface area contributed by atoms with Crippen molar-refractivity contribution in [2.24, 2.45) is 5.10 Å². The molecule has 0 bridgehead atoms. The summed E-state index contributed by atoms with van der Waals surface area (Å²) in [5, 5.41) is 6.22. The van der Waals surface area contributed by atoms with Gasteiger partial charge in [0.1, 0.15) is 11.6 Å². The zero-order chi connectivity index (χ0) is 17.5. The summed E-state index contributed by atoms with van der Waals surface area (Å²) < 4.78 is 23.7. The second kappa shape index (κ2) is 8.60. The number of rotatable bonds is 7. The van der Waals surface area contributed by atoms with Gasteiger partial charge in [0, 0.05) is 5.38 Å². The third-order valence-corrected chi connectivity index (χ3v) is 4.03. The predicted octanol–water partition coefficient (Wildman–Crippen LogP) is 3.50. The second-order valence-electron chi connectivity index (χ2n) is 4.47. The standard InChI is InChI=1S/C15H15ClFN3O3S/c1-3-23-13(21)6-9-8-24-15(19-9)20-18-7-10-11(17)4-5-12(22-2)14(10)16/h4-5,7-8H,3,6H2,1-2H3,(H,19,20). The number of carbonyl (C=O) groups is 1. The van der Waals surface area contributed by atoms with Gasteiger partial charge in [0.25, 0.3) is 0 Å². The van der Waals surface area contributed by atoms with E-state index in [-0.39, 0.29) is 23.0 Å². The number of hydrogen-bond donors (Lipinski definition) is 1. The first-order valence-corrected chi connectivity index (χ1v) is 8.22. The molecule has 0 aliphatic heterocycles. The number of anilines is 1. The Labute approximate surface area is 147 Å². The number of hydrogen-bond acceptors (Lipinski definition) is 7. The van der Waals surface area contributed by atoms with Crippen LogP contribution in [-0.2, 0) is 16.0 Å². The molecule has 1 heterocycles. The number of hydrazone groups is 1. The lowest BCUT2D eigenvalue weighted by molar-refractivity contribution is -0.142. The van der Waals surface area contributed by atoms with Crippen molar-refractivity contribution in [3.63, 3.8) is 0 Å². The van der Waals surface area contributed by atoms with E-state index in [4.69, 9.17) is 21.1 Å². The van der Waals surface area contributed by atoms with Gasteiger partial charge < -0.3 is 9.47 Å². The summed E-state index contributed by atoms with van der Waals surface area (Å²) in [5.41, 5.74) is 3.34. The van der Waals surface area contributed by atoms with Crippen molar-refractivity contribution in [3.8, 4) is 5.75 Å². The number of esters is 1. The minimum absolute atomic E-state index is 0.0894. The first kappa shape index (κ1) is 18.2. The number of methoxy groups -OCH3 is 1. The molecule has 0 saturated heterocycles. The molecule has 6 nitrogen and oxygen atoms in total. The largest absolute Gasteiger partial charge is 0.495 e. The molecule has 1 aromatic carbocycles. The number of nitrogens with one attached hydrogen (secondary N) is 1. The molecule has 2 aromatic rings. The summed E-state index contributed by atoms with van der Waals surface area (Å²) in [4.78, 5) is 15.6. The number of halogens is 2. The molecule has 24 heavy (non-hydrogen) atoms. The molecular weight excluding hydrogens is 357 g/mol. The quantitative estimate of drug-likeness (QED) is 0.458. The lowest BCUT2D eigenvalue weighted by atomic mass is 10.2. The highest BCUT2D eigenvalue weighted by Gasteiger charge is 2.11. The van der Waals surface area contributed by atoms with Gasteiger partial charge >= 0.3 is 5.97 Å². The van der Waals surface area contributed by atoms with Crippen molar-refractivity contribution in [3.05, 3.63) is 39.6 Å². The van der Waals surface area contributed by atoms with Crippen LogP contribution in [0.4, 0.5) is 9.52 Å². The van der Waals surface area contributed by atoms with E-state index in [9.17, 15) is 9.18 Å². The number of thiazole rings is 1. The van der Waals surface area contributed by atoms with E-state index in [2.05, 4.69) is 15.5 Å². The average Bonchev–Trinajstić information content (AvgIpc) is 2.98. The molecule has 0 spiro atoms. The Morgan fingerprint density at radius 2 is 2.33 bits per heavy atom. The van der Waals surface area contributed by atoms with E-state index in [1.54, 1.807) is 12.3 Å². The van der Waals surface area contributed by atoms with E-state index in [0.717, 1.165) is 0 Å². The molecule has 0 saturated carbocycles. The highest BCUT2D eigenvalue weighted by molar-refractivity contribution is 7.13. The minimum Gasteiger partial charge on any atom is -0.495 e. The fraction of sp³-hybridized carbons (Fsp3) is 0.267. The van der Waals surface area contributed by atoms with E-state index in [0.29, 0.717) is 23.2 Å². The number of carbonyl (C=O) groups excluding carboxylic acids is 1. The van der Waals surface area contributed by atoms with Crippen LogP contribution in [0, 0.1) is 5.82 Å². The number of nitrogens with zero attached hydrogens (tertiary/aromatic N) is 2. The van der Waals surface area contributed by atoms with Crippen molar-refractivity contribution in [1.82, 2.24) is 4.98 Å². The molecule has 128 valence electrons. The van der Waals surface area contributed by atoms with E-state index < -0.39 is 5.82 Å². The fourth-order valence-electron chi connectivity index (χ4n) is 1.78. The minimum atomic E-state index is -0.520. The van der Waals surface area contributed by atoms with E-state index >= 15 is 0 Å². The number of aromatic nitrogens is 1. The summed E-state index contributed by atoms with van der Waals surface area (Å²) in [6, 6.07) is 2.68. The Morgan fingerprint density at radius 1 is 1.54 bits per heavy atom. The zero-order valence-electron chi connectivity index (χ0n) is 13.0. The van der Waals surface area contributed by atoms with Gasteiger partial charge in [-0.15, -0.1) is 11.3 Å². The first-order chi connectivity index (χ1) is 11.5. The summed E-state index contributed by atoms with van der Waals surface area (Å²) in [6.07, 6.45) is 1.33. The van der Waals surface area contributed by atoms with Gasteiger partial charge in [-0.1, -0.05) is 11.6 Å². The Balaban J connectivity index is 2.02. The molecule has 1 N–H and O–H groups in total. The molecule has 0 unspecified atom stereocenters. The third-order valence-electron chi connectivity index (χ3n) is 2.85. The SMILES string of the molecule is CCOC(=O)Cc1csc(NN=Cc2c(F)ccc(OC)c2Cl)n1. The van der Waals surface area contributed by atoms with Crippen molar-refractivity contribution < 1.29 is 18.7 Å². The third kappa shape index (κ3) is 4.65. The summed E-state index contributed by atoms with van der Waals surface area (Å²) in [7, 11) is 1.44. The molecule has 1 aromatic heterocycles. The zero-order valence-corrected chi connectivity index (χ0v) is 14.6. The number of benzene rings is 1. The molecule has 0 fully saturated rings.